The molecule has 14 heavy (non-hydrogen) atoms. The third kappa shape index (κ3) is 1.80. The molecule has 0 aromatic carbocycles. The van der Waals surface area contributed by atoms with Crippen molar-refractivity contribution in [2.45, 2.75) is 13.3 Å². The lowest BCUT2D eigenvalue weighted by Gasteiger charge is -1.87. The Labute approximate surface area is 85.9 Å². The molecule has 0 aliphatic rings. The van der Waals surface area contributed by atoms with Crippen LogP contribution >= 0.6 is 11.6 Å². The molecule has 2 heterocycles. The molecule has 4 nitrogen and oxygen atoms in total. The van der Waals surface area contributed by atoms with Gasteiger partial charge in [-0.3, -0.25) is 0 Å². The molecular formula is C9H9ClN2O2. The maximum Gasteiger partial charge on any atom is 0.283 e. The first kappa shape index (κ1) is 9.27. The van der Waals surface area contributed by atoms with Crippen LogP contribution in [0.25, 0.3) is 11.7 Å². The highest BCUT2D eigenvalue weighted by Crippen LogP contribution is 2.20. The van der Waals surface area contributed by atoms with Gasteiger partial charge in [0.2, 0.25) is 5.89 Å². The number of furan rings is 1. The Morgan fingerprint density at radius 2 is 2.14 bits per heavy atom. The van der Waals surface area contributed by atoms with Crippen LogP contribution in [0.1, 0.15) is 11.7 Å². The normalized spacial score (nSPS) is 10.7. The quantitative estimate of drug-likeness (QED) is 0.734. The summed E-state index contributed by atoms with van der Waals surface area (Å²) in [6.45, 7) is 1.86. The van der Waals surface area contributed by atoms with Crippen LogP contribution in [0.15, 0.2) is 21.0 Å². The number of alkyl halides is 1. The predicted molar refractivity (Wildman–Crippen MR) is 51.2 cm³/mol. The van der Waals surface area contributed by atoms with Gasteiger partial charge < -0.3 is 8.83 Å². The van der Waals surface area contributed by atoms with E-state index in [1.807, 2.05) is 13.0 Å². The molecule has 2 aromatic heterocycles. The molecule has 2 aromatic rings. The van der Waals surface area contributed by atoms with Crippen LogP contribution in [0, 0.1) is 6.92 Å². The molecule has 0 aliphatic carbocycles. The molecule has 0 aliphatic heterocycles. The first-order chi connectivity index (χ1) is 6.79. The molecule has 0 unspecified atom stereocenters. The van der Waals surface area contributed by atoms with Crippen molar-refractivity contribution in [2.75, 3.05) is 5.88 Å². The summed E-state index contributed by atoms with van der Waals surface area (Å²) in [5.41, 5.74) is 0. The fraction of sp³-hybridized carbons (Fsp3) is 0.333. The van der Waals surface area contributed by atoms with Crippen molar-refractivity contribution < 1.29 is 8.83 Å². The van der Waals surface area contributed by atoms with E-state index in [1.165, 1.54) is 0 Å². The molecule has 0 bridgehead atoms. The van der Waals surface area contributed by atoms with Gasteiger partial charge in [-0.05, 0) is 19.1 Å². The molecule has 5 heteroatoms. The molecule has 2 rings (SSSR count). The summed E-state index contributed by atoms with van der Waals surface area (Å²) in [6.07, 6.45) is 0.578. The number of halogens is 1. The Hall–Kier alpha value is -1.29. The van der Waals surface area contributed by atoms with Crippen molar-refractivity contribution in [3.8, 4) is 11.7 Å². The number of hydrogen-bond donors (Lipinski definition) is 0. The van der Waals surface area contributed by atoms with Crippen LogP contribution in [0.2, 0.25) is 0 Å². The van der Waals surface area contributed by atoms with E-state index in [0.717, 1.165) is 5.76 Å². The number of aromatic nitrogens is 2. The van der Waals surface area contributed by atoms with Crippen LogP contribution in [0.5, 0.6) is 0 Å². The maximum atomic E-state index is 5.54. The molecule has 0 fully saturated rings. The number of hydrogen-bond acceptors (Lipinski definition) is 4. The molecule has 0 radical (unpaired) electrons. The molecule has 0 saturated carbocycles. The van der Waals surface area contributed by atoms with E-state index in [9.17, 15) is 0 Å². The third-order valence-corrected chi connectivity index (χ3v) is 1.92. The summed E-state index contributed by atoms with van der Waals surface area (Å²) in [4.78, 5) is 0. The molecule has 0 atom stereocenters. The first-order valence-corrected chi connectivity index (χ1v) is 4.78. The second-order valence-corrected chi connectivity index (χ2v) is 3.23. The highest BCUT2D eigenvalue weighted by Gasteiger charge is 2.10. The lowest BCUT2D eigenvalue weighted by atomic mass is 10.4. The summed E-state index contributed by atoms with van der Waals surface area (Å²) < 4.78 is 10.7. The van der Waals surface area contributed by atoms with E-state index in [2.05, 4.69) is 10.2 Å². The van der Waals surface area contributed by atoms with Crippen LogP contribution in [-0.4, -0.2) is 16.1 Å². The van der Waals surface area contributed by atoms with Crippen molar-refractivity contribution >= 4 is 11.6 Å². The van der Waals surface area contributed by atoms with Gasteiger partial charge in [-0.15, -0.1) is 21.8 Å². The number of aryl methyl sites for hydroxylation is 2. The smallest absolute Gasteiger partial charge is 0.283 e. The van der Waals surface area contributed by atoms with Crippen molar-refractivity contribution in [2.24, 2.45) is 0 Å². The fourth-order valence-corrected chi connectivity index (χ4v) is 1.25. The Kier molecular flexibility index (Phi) is 2.54. The van der Waals surface area contributed by atoms with Crippen molar-refractivity contribution in [3.63, 3.8) is 0 Å². The van der Waals surface area contributed by atoms with Gasteiger partial charge in [0, 0.05) is 12.3 Å². The minimum Gasteiger partial charge on any atom is -0.456 e. The standard InChI is InChI=1S/C9H9ClN2O2/c1-6-2-3-7(13-6)9-12-11-8(14-9)4-5-10/h2-3H,4-5H2,1H3. The predicted octanol–water partition coefficient (Wildman–Crippen LogP) is 2.42. The van der Waals surface area contributed by atoms with E-state index in [-0.39, 0.29) is 0 Å². The van der Waals surface area contributed by atoms with Crippen molar-refractivity contribution in [1.29, 1.82) is 0 Å². The SMILES string of the molecule is Cc1ccc(-c2nnc(CCCl)o2)o1. The van der Waals surface area contributed by atoms with Gasteiger partial charge in [-0.25, -0.2) is 0 Å². The van der Waals surface area contributed by atoms with Crippen LogP contribution in [-0.2, 0) is 6.42 Å². The first-order valence-electron chi connectivity index (χ1n) is 4.25. The number of nitrogens with zero attached hydrogens (tertiary/aromatic N) is 2. The Morgan fingerprint density at radius 1 is 1.29 bits per heavy atom. The van der Waals surface area contributed by atoms with Gasteiger partial charge in [0.05, 0.1) is 0 Å². The number of rotatable bonds is 3. The highest BCUT2D eigenvalue weighted by molar-refractivity contribution is 6.17. The molecule has 74 valence electrons. The summed E-state index contributed by atoms with van der Waals surface area (Å²) in [5.74, 6) is 2.81. The van der Waals surface area contributed by atoms with E-state index in [0.29, 0.717) is 29.8 Å². The van der Waals surface area contributed by atoms with Gasteiger partial charge in [-0.2, -0.15) is 0 Å². The molecule has 0 amide bonds. The second-order valence-electron chi connectivity index (χ2n) is 2.85. The molecule has 0 spiro atoms. The van der Waals surface area contributed by atoms with Gasteiger partial charge in [0.25, 0.3) is 5.89 Å². The minimum atomic E-state index is 0.401. The average molecular weight is 213 g/mol. The maximum absolute atomic E-state index is 5.54. The van der Waals surface area contributed by atoms with Crippen LogP contribution in [0.3, 0.4) is 0 Å². The van der Waals surface area contributed by atoms with E-state index < -0.39 is 0 Å². The second kappa shape index (κ2) is 3.84. The average Bonchev–Trinajstić information content (AvgIpc) is 2.74. The minimum absolute atomic E-state index is 0.401. The highest BCUT2D eigenvalue weighted by atomic mass is 35.5. The largest absolute Gasteiger partial charge is 0.456 e. The zero-order valence-electron chi connectivity index (χ0n) is 7.66. The third-order valence-electron chi connectivity index (χ3n) is 1.73. The van der Waals surface area contributed by atoms with Gasteiger partial charge in [0.15, 0.2) is 5.76 Å². The zero-order chi connectivity index (χ0) is 9.97. The fourth-order valence-electron chi connectivity index (χ4n) is 1.08. The Bertz CT molecular complexity index is 422. The van der Waals surface area contributed by atoms with Gasteiger partial charge in [-0.1, -0.05) is 0 Å². The van der Waals surface area contributed by atoms with Crippen LogP contribution < -0.4 is 0 Å². The molecular weight excluding hydrogens is 204 g/mol. The Balaban J connectivity index is 2.24. The van der Waals surface area contributed by atoms with E-state index >= 15 is 0 Å². The topological polar surface area (TPSA) is 52.1 Å². The zero-order valence-corrected chi connectivity index (χ0v) is 8.41. The van der Waals surface area contributed by atoms with E-state index in [1.54, 1.807) is 6.07 Å². The Morgan fingerprint density at radius 3 is 2.79 bits per heavy atom. The van der Waals surface area contributed by atoms with Gasteiger partial charge >= 0.3 is 0 Å². The lowest BCUT2D eigenvalue weighted by molar-refractivity contribution is 0.477. The lowest BCUT2D eigenvalue weighted by Crippen LogP contribution is -1.84. The summed E-state index contributed by atoms with van der Waals surface area (Å²) in [6, 6.07) is 3.65. The van der Waals surface area contributed by atoms with E-state index in [4.69, 9.17) is 20.4 Å². The summed E-state index contributed by atoms with van der Waals surface area (Å²) in [7, 11) is 0. The van der Waals surface area contributed by atoms with Gasteiger partial charge in [0.1, 0.15) is 5.76 Å². The molecule has 0 N–H and O–H groups in total. The monoisotopic (exact) mass is 212 g/mol. The summed E-state index contributed by atoms with van der Waals surface area (Å²) in [5, 5.41) is 7.68. The molecule has 0 saturated heterocycles. The summed E-state index contributed by atoms with van der Waals surface area (Å²) >= 11 is 5.54. The van der Waals surface area contributed by atoms with Crippen molar-refractivity contribution in [1.82, 2.24) is 10.2 Å². The van der Waals surface area contributed by atoms with Crippen LogP contribution in [0.4, 0.5) is 0 Å². The van der Waals surface area contributed by atoms with Crippen molar-refractivity contribution in [3.05, 3.63) is 23.8 Å².